The molecule has 6 nitrogen and oxygen atoms in total. The monoisotopic (exact) mass is 186 g/mol. The minimum Gasteiger partial charge on any atom is -0.309 e. The molecule has 1 rings (SSSR count). The maximum Gasteiger partial charge on any atom is 0.344 e. The van der Waals surface area contributed by atoms with Crippen LogP contribution in [0.1, 0.15) is 6.42 Å². The Morgan fingerprint density at radius 1 is 1.23 bits per heavy atom. The van der Waals surface area contributed by atoms with Crippen molar-refractivity contribution in [3.05, 3.63) is 21.0 Å². The molecular weight excluding hydrogens is 172 g/mol. The van der Waals surface area contributed by atoms with Gasteiger partial charge in [0.1, 0.15) is 0 Å². The fourth-order valence-corrected chi connectivity index (χ4v) is 1.08. The summed E-state index contributed by atoms with van der Waals surface area (Å²) in [5, 5.41) is 4.46. The molecule has 0 saturated carbocycles. The molecule has 74 valence electrons. The molecule has 0 aliphatic carbocycles. The van der Waals surface area contributed by atoms with Gasteiger partial charge in [0.05, 0.1) is 0 Å². The summed E-state index contributed by atoms with van der Waals surface area (Å²) in [5.41, 5.74) is -0.743. The van der Waals surface area contributed by atoms with Crippen molar-refractivity contribution in [3.8, 4) is 0 Å². The average molecular weight is 186 g/mol. The van der Waals surface area contributed by atoms with Crippen LogP contribution in [0, 0.1) is 0 Å². The standard InChI is InChI=1S/C7H14N4O2/c1-10(2)4-3-5-11-6(12)8-9-7(11)13/h3-5H2,1-2H3,(H,8,12)(H,9,13). The van der Waals surface area contributed by atoms with Gasteiger partial charge in [0, 0.05) is 6.54 Å². The molecule has 0 amide bonds. The van der Waals surface area contributed by atoms with E-state index >= 15 is 0 Å². The lowest BCUT2D eigenvalue weighted by molar-refractivity contribution is 0.383. The molecule has 0 aromatic carbocycles. The lowest BCUT2D eigenvalue weighted by Gasteiger charge is -2.07. The van der Waals surface area contributed by atoms with Gasteiger partial charge in [-0.25, -0.2) is 24.4 Å². The van der Waals surface area contributed by atoms with Crippen molar-refractivity contribution in [2.45, 2.75) is 13.0 Å². The van der Waals surface area contributed by atoms with E-state index in [0.29, 0.717) is 6.54 Å². The maximum atomic E-state index is 11.0. The first-order chi connectivity index (χ1) is 6.11. The number of H-pyrrole nitrogens is 2. The van der Waals surface area contributed by atoms with Crippen molar-refractivity contribution in [2.24, 2.45) is 0 Å². The summed E-state index contributed by atoms with van der Waals surface area (Å²) in [7, 11) is 3.90. The Hall–Kier alpha value is -1.30. The fraction of sp³-hybridized carbons (Fsp3) is 0.714. The third kappa shape index (κ3) is 2.59. The van der Waals surface area contributed by atoms with E-state index in [0.717, 1.165) is 17.5 Å². The Bertz CT molecular complexity index is 332. The molecule has 0 saturated heterocycles. The van der Waals surface area contributed by atoms with Gasteiger partial charge in [0.15, 0.2) is 0 Å². The van der Waals surface area contributed by atoms with Crippen LogP contribution in [-0.2, 0) is 6.54 Å². The smallest absolute Gasteiger partial charge is 0.309 e. The molecule has 2 N–H and O–H groups in total. The van der Waals surface area contributed by atoms with Crippen LogP contribution in [0.15, 0.2) is 9.59 Å². The Morgan fingerprint density at radius 2 is 1.77 bits per heavy atom. The summed E-state index contributed by atoms with van der Waals surface area (Å²) in [6.45, 7) is 1.31. The molecule has 1 aromatic rings. The molecular formula is C7H14N4O2. The van der Waals surface area contributed by atoms with Crippen LogP contribution in [0.5, 0.6) is 0 Å². The topological polar surface area (TPSA) is 73.9 Å². The quantitative estimate of drug-likeness (QED) is 0.621. The van der Waals surface area contributed by atoms with Gasteiger partial charge >= 0.3 is 11.4 Å². The van der Waals surface area contributed by atoms with Crippen LogP contribution < -0.4 is 11.4 Å². The molecule has 1 aromatic heterocycles. The number of aromatic nitrogens is 3. The second-order valence-electron chi connectivity index (χ2n) is 3.17. The Morgan fingerprint density at radius 3 is 2.23 bits per heavy atom. The normalized spacial score (nSPS) is 11.0. The molecule has 13 heavy (non-hydrogen) atoms. The molecule has 0 unspecified atom stereocenters. The molecule has 0 fully saturated rings. The Labute approximate surface area is 75.2 Å². The van der Waals surface area contributed by atoms with Gasteiger partial charge in [-0.2, -0.15) is 0 Å². The maximum absolute atomic E-state index is 11.0. The zero-order valence-electron chi connectivity index (χ0n) is 7.83. The molecule has 0 aliphatic heterocycles. The second kappa shape index (κ2) is 4.08. The minimum atomic E-state index is -0.372. The number of hydrogen-bond acceptors (Lipinski definition) is 3. The molecule has 0 aliphatic rings. The number of nitrogens with zero attached hydrogens (tertiary/aromatic N) is 2. The first kappa shape index (κ1) is 9.79. The highest BCUT2D eigenvalue weighted by Gasteiger charge is 2.01. The van der Waals surface area contributed by atoms with Gasteiger partial charge in [-0.3, -0.25) is 0 Å². The van der Waals surface area contributed by atoms with Crippen LogP contribution in [0.25, 0.3) is 0 Å². The summed E-state index contributed by atoms with van der Waals surface area (Å²) in [6.07, 6.45) is 0.786. The van der Waals surface area contributed by atoms with E-state index < -0.39 is 0 Å². The highest BCUT2D eigenvalue weighted by atomic mass is 16.2. The van der Waals surface area contributed by atoms with Crippen molar-refractivity contribution in [3.63, 3.8) is 0 Å². The molecule has 0 bridgehead atoms. The Balaban J connectivity index is 2.55. The van der Waals surface area contributed by atoms with Gasteiger partial charge in [-0.15, -0.1) is 0 Å². The number of rotatable bonds is 4. The van der Waals surface area contributed by atoms with Gasteiger partial charge in [-0.1, -0.05) is 0 Å². The van der Waals surface area contributed by atoms with Crippen LogP contribution in [0.3, 0.4) is 0 Å². The molecule has 0 spiro atoms. The van der Waals surface area contributed by atoms with Crippen LogP contribution in [0.2, 0.25) is 0 Å². The molecule has 0 atom stereocenters. The van der Waals surface area contributed by atoms with Crippen LogP contribution >= 0.6 is 0 Å². The van der Waals surface area contributed by atoms with E-state index in [1.807, 2.05) is 19.0 Å². The summed E-state index contributed by atoms with van der Waals surface area (Å²) >= 11 is 0. The predicted octanol–water partition coefficient (Wildman–Crippen LogP) is -1.18. The highest BCUT2D eigenvalue weighted by Crippen LogP contribution is 1.84. The van der Waals surface area contributed by atoms with Gasteiger partial charge in [-0.05, 0) is 27.1 Å². The first-order valence-corrected chi connectivity index (χ1v) is 4.13. The van der Waals surface area contributed by atoms with Crippen LogP contribution in [-0.4, -0.2) is 40.3 Å². The van der Waals surface area contributed by atoms with Crippen molar-refractivity contribution >= 4 is 0 Å². The second-order valence-corrected chi connectivity index (χ2v) is 3.17. The Kier molecular flexibility index (Phi) is 3.07. The van der Waals surface area contributed by atoms with E-state index in [1.54, 1.807) is 0 Å². The zero-order valence-corrected chi connectivity index (χ0v) is 7.83. The van der Waals surface area contributed by atoms with Gasteiger partial charge in [0.2, 0.25) is 0 Å². The number of aromatic amines is 2. The SMILES string of the molecule is CN(C)CCCn1c(=O)[nH][nH]c1=O. The van der Waals surface area contributed by atoms with Crippen molar-refractivity contribution in [1.82, 2.24) is 19.7 Å². The minimum absolute atomic E-state index is 0.372. The van der Waals surface area contributed by atoms with E-state index in [1.165, 1.54) is 0 Å². The van der Waals surface area contributed by atoms with E-state index in [-0.39, 0.29) is 11.4 Å². The van der Waals surface area contributed by atoms with E-state index in [9.17, 15) is 9.59 Å². The third-order valence-corrected chi connectivity index (χ3v) is 1.75. The largest absolute Gasteiger partial charge is 0.344 e. The zero-order chi connectivity index (χ0) is 9.84. The summed E-state index contributed by atoms with van der Waals surface area (Å²) in [5.74, 6) is 0. The molecule has 1 heterocycles. The summed E-state index contributed by atoms with van der Waals surface area (Å²) in [6, 6.07) is 0. The lowest BCUT2D eigenvalue weighted by atomic mass is 10.4. The summed E-state index contributed by atoms with van der Waals surface area (Å²) < 4.78 is 1.16. The van der Waals surface area contributed by atoms with Crippen LogP contribution in [0.4, 0.5) is 0 Å². The van der Waals surface area contributed by atoms with Crippen molar-refractivity contribution < 1.29 is 0 Å². The number of hydrogen-bond donors (Lipinski definition) is 2. The van der Waals surface area contributed by atoms with Crippen molar-refractivity contribution in [2.75, 3.05) is 20.6 Å². The van der Waals surface area contributed by atoms with E-state index in [4.69, 9.17) is 0 Å². The van der Waals surface area contributed by atoms with Gasteiger partial charge < -0.3 is 4.90 Å². The molecule has 0 radical (unpaired) electrons. The van der Waals surface area contributed by atoms with E-state index in [2.05, 4.69) is 10.2 Å². The average Bonchev–Trinajstić information content (AvgIpc) is 2.34. The fourth-order valence-electron chi connectivity index (χ4n) is 1.08. The molecule has 6 heteroatoms. The first-order valence-electron chi connectivity index (χ1n) is 4.13. The third-order valence-electron chi connectivity index (χ3n) is 1.75. The highest BCUT2D eigenvalue weighted by molar-refractivity contribution is 4.65. The lowest BCUT2D eigenvalue weighted by Crippen LogP contribution is -2.28. The van der Waals surface area contributed by atoms with Crippen molar-refractivity contribution in [1.29, 1.82) is 0 Å². The van der Waals surface area contributed by atoms with Gasteiger partial charge in [0.25, 0.3) is 0 Å². The predicted molar refractivity (Wildman–Crippen MR) is 48.8 cm³/mol. The summed E-state index contributed by atoms with van der Waals surface area (Å²) in [4.78, 5) is 24.0. The number of nitrogens with one attached hydrogen (secondary N) is 2.